The van der Waals surface area contributed by atoms with Crippen molar-refractivity contribution in [3.05, 3.63) is 79.0 Å². The summed E-state index contributed by atoms with van der Waals surface area (Å²) in [6.07, 6.45) is 2.01. The Labute approximate surface area is 185 Å². The number of hydrogen-bond donors (Lipinski definition) is 1. The standard InChI is InChI=1S/C25H22N4O3/c1-32-20-12-6-5-11-19(20)29-16-18(15-22(29)30)25(31)27-24-23(17-9-3-2-4-10-17)26-21-13-7-8-14-28(21)24/h2-14,18H,15-16H2,1H3,(H,27,31). The van der Waals surface area contributed by atoms with E-state index in [1.54, 1.807) is 18.1 Å². The zero-order valence-electron chi connectivity index (χ0n) is 17.6. The number of imidazole rings is 1. The molecule has 0 bridgehead atoms. The average molecular weight is 426 g/mol. The third-order valence-electron chi connectivity index (χ3n) is 5.69. The zero-order valence-corrected chi connectivity index (χ0v) is 17.6. The first kappa shape index (κ1) is 19.8. The lowest BCUT2D eigenvalue weighted by molar-refractivity contribution is -0.122. The summed E-state index contributed by atoms with van der Waals surface area (Å²) in [6, 6.07) is 22.8. The number of benzene rings is 2. The molecule has 7 heteroatoms. The van der Waals surface area contributed by atoms with Crippen LogP contribution in [-0.4, -0.2) is 34.9 Å². The first-order valence-electron chi connectivity index (χ1n) is 10.4. The molecule has 160 valence electrons. The smallest absolute Gasteiger partial charge is 0.230 e. The van der Waals surface area contributed by atoms with E-state index in [0.717, 1.165) is 11.2 Å². The summed E-state index contributed by atoms with van der Waals surface area (Å²) < 4.78 is 7.25. The van der Waals surface area contributed by atoms with Crippen LogP contribution in [0.15, 0.2) is 79.0 Å². The number of nitrogens with one attached hydrogen (secondary N) is 1. The molecule has 1 unspecified atom stereocenters. The molecule has 2 amide bonds. The molecule has 1 atom stereocenters. The van der Waals surface area contributed by atoms with Gasteiger partial charge in [-0.25, -0.2) is 4.98 Å². The van der Waals surface area contributed by atoms with Crippen molar-refractivity contribution in [1.29, 1.82) is 0 Å². The van der Waals surface area contributed by atoms with Crippen molar-refractivity contribution >= 4 is 29.0 Å². The Balaban J connectivity index is 1.44. The van der Waals surface area contributed by atoms with Gasteiger partial charge in [0.25, 0.3) is 0 Å². The minimum atomic E-state index is -0.481. The highest BCUT2D eigenvalue weighted by atomic mass is 16.5. The van der Waals surface area contributed by atoms with Gasteiger partial charge < -0.3 is 15.0 Å². The molecular formula is C25H22N4O3. The van der Waals surface area contributed by atoms with Crippen LogP contribution in [0.1, 0.15) is 6.42 Å². The number of ether oxygens (including phenoxy) is 1. The van der Waals surface area contributed by atoms with Gasteiger partial charge in [-0.05, 0) is 24.3 Å². The normalized spacial score (nSPS) is 15.8. The largest absolute Gasteiger partial charge is 0.495 e. The van der Waals surface area contributed by atoms with Gasteiger partial charge in [-0.2, -0.15) is 0 Å². The van der Waals surface area contributed by atoms with Crippen LogP contribution in [0.25, 0.3) is 16.9 Å². The van der Waals surface area contributed by atoms with Gasteiger partial charge in [0.1, 0.15) is 22.9 Å². The molecule has 3 heterocycles. The Morgan fingerprint density at radius 2 is 1.78 bits per heavy atom. The third-order valence-corrected chi connectivity index (χ3v) is 5.69. The topological polar surface area (TPSA) is 75.9 Å². The summed E-state index contributed by atoms with van der Waals surface area (Å²) in [5.74, 6) is 0.412. The Morgan fingerprint density at radius 3 is 2.59 bits per heavy atom. The minimum Gasteiger partial charge on any atom is -0.495 e. The highest BCUT2D eigenvalue weighted by Crippen LogP contribution is 2.34. The van der Waals surface area contributed by atoms with E-state index >= 15 is 0 Å². The fourth-order valence-electron chi connectivity index (χ4n) is 4.10. The molecule has 2 aromatic heterocycles. The van der Waals surface area contributed by atoms with Gasteiger partial charge in [0.05, 0.1) is 18.7 Å². The van der Waals surface area contributed by atoms with Crippen molar-refractivity contribution < 1.29 is 14.3 Å². The maximum atomic E-state index is 13.3. The number of methoxy groups -OCH3 is 1. The first-order chi connectivity index (χ1) is 15.7. The van der Waals surface area contributed by atoms with E-state index < -0.39 is 5.92 Å². The predicted molar refractivity (Wildman–Crippen MR) is 123 cm³/mol. The van der Waals surface area contributed by atoms with Gasteiger partial charge in [0.15, 0.2) is 0 Å². The number of amides is 2. The highest BCUT2D eigenvalue weighted by molar-refractivity contribution is 6.05. The molecule has 2 aromatic carbocycles. The molecule has 1 saturated heterocycles. The van der Waals surface area contributed by atoms with E-state index in [4.69, 9.17) is 9.72 Å². The molecule has 0 spiro atoms. The van der Waals surface area contributed by atoms with Crippen molar-refractivity contribution in [3.63, 3.8) is 0 Å². The van der Waals surface area contributed by atoms with Crippen LogP contribution in [-0.2, 0) is 9.59 Å². The maximum absolute atomic E-state index is 13.3. The van der Waals surface area contributed by atoms with Crippen LogP contribution in [0.5, 0.6) is 5.75 Å². The Morgan fingerprint density at radius 1 is 1.03 bits per heavy atom. The number of rotatable bonds is 5. The van der Waals surface area contributed by atoms with Gasteiger partial charge in [-0.3, -0.25) is 14.0 Å². The summed E-state index contributed by atoms with van der Waals surface area (Å²) >= 11 is 0. The van der Waals surface area contributed by atoms with E-state index in [0.29, 0.717) is 29.5 Å². The van der Waals surface area contributed by atoms with E-state index in [1.165, 1.54) is 0 Å². The van der Waals surface area contributed by atoms with E-state index in [-0.39, 0.29) is 18.2 Å². The average Bonchev–Trinajstić information content (AvgIpc) is 3.40. The van der Waals surface area contributed by atoms with Crippen LogP contribution in [0.4, 0.5) is 11.5 Å². The van der Waals surface area contributed by atoms with E-state index in [9.17, 15) is 9.59 Å². The summed E-state index contributed by atoms with van der Waals surface area (Å²) in [7, 11) is 1.57. The van der Waals surface area contributed by atoms with E-state index in [1.807, 2.05) is 77.3 Å². The number of nitrogens with zero attached hydrogens (tertiary/aromatic N) is 3. The predicted octanol–water partition coefficient (Wildman–Crippen LogP) is 4.00. The molecule has 1 N–H and O–H groups in total. The molecular weight excluding hydrogens is 404 g/mol. The van der Waals surface area contributed by atoms with Crippen molar-refractivity contribution in [2.75, 3.05) is 23.9 Å². The molecule has 32 heavy (non-hydrogen) atoms. The van der Waals surface area contributed by atoms with Gasteiger partial charge in [0, 0.05) is 24.7 Å². The Kier molecular flexibility index (Phi) is 5.07. The van der Waals surface area contributed by atoms with Crippen molar-refractivity contribution in [2.45, 2.75) is 6.42 Å². The van der Waals surface area contributed by atoms with Crippen molar-refractivity contribution in [1.82, 2.24) is 9.38 Å². The molecule has 4 aromatic rings. The van der Waals surface area contributed by atoms with E-state index in [2.05, 4.69) is 5.32 Å². The summed E-state index contributed by atoms with van der Waals surface area (Å²) in [5.41, 5.74) is 3.01. The number of fused-ring (bicyclic) bond motifs is 1. The number of carbonyl (C=O) groups is 2. The van der Waals surface area contributed by atoms with Gasteiger partial charge in [-0.15, -0.1) is 0 Å². The van der Waals surface area contributed by atoms with Crippen LogP contribution in [0, 0.1) is 5.92 Å². The van der Waals surface area contributed by atoms with Gasteiger partial charge in [-0.1, -0.05) is 48.5 Å². The molecule has 1 fully saturated rings. The summed E-state index contributed by atoms with van der Waals surface area (Å²) in [4.78, 5) is 32.3. The Hall–Kier alpha value is -4.13. The van der Waals surface area contributed by atoms with Gasteiger partial charge >= 0.3 is 0 Å². The first-order valence-corrected chi connectivity index (χ1v) is 10.4. The number of carbonyl (C=O) groups excluding carboxylic acids is 2. The molecule has 7 nitrogen and oxygen atoms in total. The zero-order chi connectivity index (χ0) is 22.1. The second kappa shape index (κ2) is 8.19. The lowest BCUT2D eigenvalue weighted by Crippen LogP contribution is -2.28. The fraction of sp³-hybridized carbons (Fsp3) is 0.160. The quantitative estimate of drug-likeness (QED) is 0.523. The minimum absolute atomic E-state index is 0.101. The number of pyridine rings is 1. The van der Waals surface area contributed by atoms with Crippen LogP contribution in [0.3, 0.4) is 0 Å². The molecule has 1 aliphatic heterocycles. The third kappa shape index (κ3) is 3.47. The lowest BCUT2D eigenvalue weighted by Gasteiger charge is -2.19. The molecule has 0 saturated carbocycles. The van der Waals surface area contributed by atoms with Gasteiger partial charge in [0.2, 0.25) is 11.8 Å². The second-order valence-electron chi connectivity index (χ2n) is 7.67. The number of anilines is 2. The maximum Gasteiger partial charge on any atom is 0.230 e. The second-order valence-corrected chi connectivity index (χ2v) is 7.67. The molecule has 5 rings (SSSR count). The molecule has 0 aliphatic carbocycles. The molecule has 0 radical (unpaired) electrons. The number of hydrogen-bond acceptors (Lipinski definition) is 4. The highest BCUT2D eigenvalue weighted by Gasteiger charge is 2.36. The van der Waals surface area contributed by atoms with Crippen molar-refractivity contribution in [3.8, 4) is 17.0 Å². The lowest BCUT2D eigenvalue weighted by atomic mass is 10.1. The molecule has 1 aliphatic rings. The van der Waals surface area contributed by atoms with Crippen LogP contribution in [0.2, 0.25) is 0 Å². The number of para-hydroxylation sites is 2. The summed E-state index contributed by atoms with van der Waals surface area (Å²) in [6.45, 7) is 0.294. The number of aromatic nitrogens is 2. The van der Waals surface area contributed by atoms with Crippen LogP contribution >= 0.6 is 0 Å². The van der Waals surface area contributed by atoms with Crippen LogP contribution < -0.4 is 15.0 Å². The summed E-state index contributed by atoms with van der Waals surface area (Å²) in [5, 5.41) is 3.05. The SMILES string of the molecule is COc1ccccc1N1CC(C(=O)Nc2c(-c3ccccc3)nc3ccccn23)CC1=O. The monoisotopic (exact) mass is 426 g/mol. The fourth-order valence-corrected chi connectivity index (χ4v) is 4.10. The van der Waals surface area contributed by atoms with Crippen molar-refractivity contribution in [2.24, 2.45) is 5.92 Å². The Bertz CT molecular complexity index is 1300.